The maximum atomic E-state index is 6.40. The van der Waals surface area contributed by atoms with Gasteiger partial charge < -0.3 is 4.57 Å². The van der Waals surface area contributed by atoms with Crippen molar-refractivity contribution in [1.29, 1.82) is 0 Å². The minimum atomic E-state index is 0.784. The number of para-hydroxylation sites is 2. The monoisotopic (exact) mass is 396 g/mol. The van der Waals surface area contributed by atoms with Crippen molar-refractivity contribution in [3.63, 3.8) is 0 Å². The fraction of sp³-hybridized carbons (Fsp3) is 0.480. The summed E-state index contributed by atoms with van der Waals surface area (Å²) in [5, 5.41) is 0.823. The number of imidazole rings is 1. The van der Waals surface area contributed by atoms with E-state index in [0.29, 0.717) is 0 Å². The Balaban J connectivity index is 1.58. The summed E-state index contributed by atoms with van der Waals surface area (Å²) in [6.07, 6.45) is 12.9. The van der Waals surface area contributed by atoms with E-state index in [9.17, 15) is 0 Å². The smallest absolute Gasteiger partial charge is 0.114 e. The first kappa shape index (κ1) is 20.9. The molecule has 28 heavy (non-hydrogen) atoms. The quantitative estimate of drug-likeness (QED) is 0.285. The van der Waals surface area contributed by atoms with Crippen LogP contribution in [0.4, 0.5) is 0 Å². The van der Waals surface area contributed by atoms with Gasteiger partial charge in [0.25, 0.3) is 0 Å². The van der Waals surface area contributed by atoms with Crippen LogP contribution in [-0.2, 0) is 13.0 Å². The highest BCUT2D eigenvalue weighted by Gasteiger charge is 2.12. The molecule has 0 saturated heterocycles. The van der Waals surface area contributed by atoms with Crippen LogP contribution in [0, 0.1) is 0 Å². The molecule has 0 radical (unpaired) electrons. The summed E-state index contributed by atoms with van der Waals surface area (Å²) in [6, 6.07) is 16.6. The molecule has 2 aromatic carbocycles. The van der Waals surface area contributed by atoms with E-state index in [4.69, 9.17) is 16.6 Å². The Morgan fingerprint density at radius 3 is 2.18 bits per heavy atom. The van der Waals surface area contributed by atoms with E-state index in [-0.39, 0.29) is 0 Å². The van der Waals surface area contributed by atoms with E-state index in [0.717, 1.165) is 34.9 Å². The van der Waals surface area contributed by atoms with E-state index in [1.165, 1.54) is 63.3 Å². The van der Waals surface area contributed by atoms with Crippen LogP contribution in [0.25, 0.3) is 11.0 Å². The third-order valence-corrected chi connectivity index (χ3v) is 5.89. The summed E-state index contributed by atoms with van der Waals surface area (Å²) in [5.41, 5.74) is 3.47. The molecule has 0 fully saturated rings. The number of rotatable bonds is 12. The topological polar surface area (TPSA) is 17.8 Å². The number of hydrogen-bond donors (Lipinski definition) is 0. The fourth-order valence-electron chi connectivity index (χ4n) is 3.90. The number of benzene rings is 2. The molecule has 0 spiro atoms. The Morgan fingerprint density at radius 2 is 1.43 bits per heavy atom. The van der Waals surface area contributed by atoms with E-state index in [2.05, 4.69) is 47.9 Å². The zero-order valence-corrected chi connectivity index (χ0v) is 17.9. The summed E-state index contributed by atoms with van der Waals surface area (Å²) >= 11 is 6.40. The van der Waals surface area contributed by atoms with Crippen LogP contribution in [0.3, 0.4) is 0 Å². The van der Waals surface area contributed by atoms with Crippen LogP contribution in [0.15, 0.2) is 48.5 Å². The summed E-state index contributed by atoms with van der Waals surface area (Å²) < 4.78 is 2.40. The molecule has 2 nitrogen and oxygen atoms in total. The van der Waals surface area contributed by atoms with Gasteiger partial charge in [0.2, 0.25) is 0 Å². The molecule has 0 N–H and O–H groups in total. The molecule has 3 rings (SSSR count). The number of halogens is 1. The first-order valence-electron chi connectivity index (χ1n) is 11.0. The summed E-state index contributed by atoms with van der Waals surface area (Å²) in [6.45, 7) is 3.32. The summed E-state index contributed by atoms with van der Waals surface area (Å²) in [5.74, 6) is 1.12. The third-order valence-electron chi connectivity index (χ3n) is 5.53. The zero-order valence-electron chi connectivity index (χ0n) is 17.2. The lowest BCUT2D eigenvalue weighted by molar-refractivity contribution is 0.537. The Morgan fingerprint density at radius 1 is 0.786 bits per heavy atom. The number of aromatic nitrogens is 2. The van der Waals surface area contributed by atoms with Gasteiger partial charge in [0, 0.05) is 18.0 Å². The lowest BCUT2D eigenvalue weighted by Gasteiger charge is -2.10. The highest BCUT2D eigenvalue weighted by molar-refractivity contribution is 6.31. The molecule has 3 heteroatoms. The Kier molecular flexibility index (Phi) is 8.42. The fourth-order valence-corrected chi connectivity index (χ4v) is 4.11. The van der Waals surface area contributed by atoms with Gasteiger partial charge in [0.15, 0.2) is 0 Å². The van der Waals surface area contributed by atoms with Crippen LogP contribution >= 0.6 is 11.6 Å². The lowest BCUT2D eigenvalue weighted by Crippen LogP contribution is -2.05. The van der Waals surface area contributed by atoms with Crippen LogP contribution in [0.1, 0.15) is 76.1 Å². The van der Waals surface area contributed by atoms with Crippen molar-refractivity contribution in [1.82, 2.24) is 9.55 Å². The molecule has 1 heterocycles. The minimum Gasteiger partial charge on any atom is -0.328 e. The van der Waals surface area contributed by atoms with Gasteiger partial charge in [-0.25, -0.2) is 4.98 Å². The van der Waals surface area contributed by atoms with Gasteiger partial charge in [-0.15, -0.1) is 0 Å². The average Bonchev–Trinajstić information content (AvgIpc) is 3.06. The summed E-state index contributed by atoms with van der Waals surface area (Å²) in [4.78, 5) is 4.91. The molecular formula is C25H33ClN2. The number of aryl methyl sites for hydroxylation is 1. The summed E-state index contributed by atoms with van der Waals surface area (Å²) in [7, 11) is 0. The molecule has 0 unspecified atom stereocenters. The first-order valence-corrected chi connectivity index (χ1v) is 11.3. The van der Waals surface area contributed by atoms with Crippen molar-refractivity contribution < 1.29 is 0 Å². The number of unbranched alkanes of at least 4 members (excludes halogenated alkanes) is 8. The highest BCUT2D eigenvalue weighted by Crippen LogP contribution is 2.23. The second-order valence-electron chi connectivity index (χ2n) is 7.76. The average molecular weight is 397 g/mol. The Hall–Kier alpha value is -1.80. The Bertz CT molecular complexity index is 853. The Labute approximate surface area is 174 Å². The van der Waals surface area contributed by atoms with Crippen molar-refractivity contribution in [3.8, 4) is 0 Å². The van der Waals surface area contributed by atoms with Crippen LogP contribution in [0.5, 0.6) is 0 Å². The zero-order chi connectivity index (χ0) is 19.6. The molecule has 0 aliphatic carbocycles. The van der Waals surface area contributed by atoms with Crippen molar-refractivity contribution in [2.24, 2.45) is 0 Å². The standard InChI is InChI=1S/C25H33ClN2/c1-2-3-4-5-6-7-8-9-14-19-28-24-18-13-12-17-23(24)27-25(28)20-21-15-10-11-16-22(21)26/h10-13,15-18H,2-9,14,19-20H2,1H3. The SMILES string of the molecule is CCCCCCCCCCCn1c(Cc2ccccc2Cl)nc2ccccc21. The van der Waals surface area contributed by atoms with E-state index in [1.54, 1.807) is 0 Å². The van der Waals surface area contributed by atoms with Gasteiger partial charge in [0.1, 0.15) is 5.82 Å². The molecule has 0 aliphatic rings. The lowest BCUT2D eigenvalue weighted by atomic mass is 10.1. The number of hydrogen-bond acceptors (Lipinski definition) is 1. The predicted molar refractivity (Wildman–Crippen MR) is 121 cm³/mol. The van der Waals surface area contributed by atoms with Crippen molar-refractivity contribution in [2.75, 3.05) is 0 Å². The van der Waals surface area contributed by atoms with Crippen LogP contribution in [-0.4, -0.2) is 9.55 Å². The maximum absolute atomic E-state index is 6.40. The molecule has 0 amide bonds. The highest BCUT2D eigenvalue weighted by atomic mass is 35.5. The van der Waals surface area contributed by atoms with E-state index >= 15 is 0 Å². The molecule has 3 aromatic rings. The van der Waals surface area contributed by atoms with Gasteiger partial charge >= 0.3 is 0 Å². The van der Waals surface area contributed by atoms with Crippen LogP contribution in [0.2, 0.25) is 5.02 Å². The largest absolute Gasteiger partial charge is 0.328 e. The predicted octanol–water partition coefficient (Wildman–Crippen LogP) is 7.81. The molecule has 0 saturated carbocycles. The van der Waals surface area contributed by atoms with Gasteiger partial charge in [-0.05, 0) is 30.2 Å². The van der Waals surface area contributed by atoms with Gasteiger partial charge in [0.05, 0.1) is 11.0 Å². The van der Waals surface area contributed by atoms with Gasteiger partial charge in [-0.1, -0.05) is 100 Å². The minimum absolute atomic E-state index is 0.784. The third kappa shape index (κ3) is 5.85. The van der Waals surface area contributed by atoms with Crippen molar-refractivity contribution in [2.45, 2.75) is 77.7 Å². The molecular weight excluding hydrogens is 364 g/mol. The molecule has 0 atom stereocenters. The number of fused-ring (bicyclic) bond motifs is 1. The normalized spacial score (nSPS) is 11.4. The van der Waals surface area contributed by atoms with Crippen LogP contribution < -0.4 is 0 Å². The molecule has 0 bridgehead atoms. The molecule has 150 valence electrons. The van der Waals surface area contributed by atoms with Gasteiger partial charge in [-0.2, -0.15) is 0 Å². The molecule has 1 aromatic heterocycles. The van der Waals surface area contributed by atoms with Crippen molar-refractivity contribution >= 4 is 22.6 Å². The van der Waals surface area contributed by atoms with E-state index in [1.807, 2.05) is 12.1 Å². The van der Waals surface area contributed by atoms with Gasteiger partial charge in [-0.3, -0.25) is 0 Å². The second-order valence-corrected chi connectivity index (χ2v) is 8.17. The molecule has 0 aliphatic heterocycles. The first-order chi connectivity index (χ1) is 13.8. The van der Waals surface area contributed by atoms with E-state index < -0.39 is 0 Å². The number of nitrogens with zero attached hydrogens (tertiary/aromatic N) is 2. The maximum Gasteiger partial charge on any atom is 0.114 e. The van der Waals surface area contributed by atoms with Crippen molar-refractivity contribution in [3.05, 3.63) is 64.9 Å². The second kappa shape index (κ2) is 11.3.